The Morgan fingerprint density at radius 3 is 2.44 bits per heavy atom. The first kappa shape index (κ1) is 19.6. The molecule has 1 saturated carbocycles. The van der Waals surface area contributed by atoms with Crippen molar-refractivity contribution in [3.05, 3.63) is 41.0 Å². The third-order valence-electron chi connectivity index (χ3n) is 6.29. The van der Waals surface area contributed by atoms with Crippen LogP contribution in [0.1, 0.15) is 63.5 Å². The second-order valence-corrected chi connectivity index (χ2v) is 7.90. The zero-order valence-electron chi connectivity index (χ0n) is 16.7. The second-order valence-electron chi connectivity index (χ2n) is 7.90. The normalized spacial score (nSPS) is 18.7. The van der Waals surface area contributed by atoms with Gasteiger partial charge in [0.25, 0.3) is 0 Å². The van der Waals surface area contributed by atoms with Crippen LogP contribution in [0.25, 0.3) is 5.70 Å². The average molecular weight is 366 g/mol. The SMILES string of the molecule is CCN(CC)CC(=O)NC1=C(C#N)C2(CCCCCC2)Cc2ccccc21. The summed E-state index contributed by atoms with van der Waals surface area (Å²) in [4.78, 5) is 14.8. The van der Waals surface area contributed by atoms with Gasteiger partial charge in [-0.3, -0.25) is 9.69 Å². The highest BCUT2D eigenvalue weighted by atomic mass is 16.2. The zero-order chi connectivity index (χ0) is 19.3. The summed E-state index contributed by atoms with van der Waals surface area (Å²) in [5.74, 6) is -0.0260. The van der Waals surface area contributed by atoms with Crippen molar-refractivity contribution >= 4 is 11.6 Å². The summed E-state index contributed by atoms with van der Waals surface area (Å²) in [6.07, 6.45) is 7.81. The van der Waals surface area contributed by atoms with Crippen LogP contribution in [0.2, 0.25) is 0 Å². The maximum absolute atomic E-state index is 12.8. The number of benzene rings is 1. The molecule has 0 saturated heterocycles. The van der Waals surface area contributed by atoms with Crippen LogP contribution in [-0.4, -0.2) is 30.4 Å². The molecule has 0 heterocycles. The van der Waals surface area contributed by atoms with Crippen LogP contribution in [0.4, 0.5) is 0 Å². The Hall–Kier alpha value is -2.12. The van der Waals surface area contributed by atoms with E-state index in [4.69, 9.17) is 0 Å². The van der Waals surface area contributed by atoms with E-state index in [1.807, 2.05) is 12.1 Å². The molecular formula is C23H31N3O. The highest BCUT2D eigenvalue weighted by molar-refractivity contribution is 5.91. The van der Waals surface area contributed by atoms with Crippen LogP contribution in [0.15, 0.2) is 29.8 Å². The molecule has 0 radical (unpaired) electrons. The molecule has 1 aromatic carbocycles. The molecule has 0 atom stereocenters. The fourth-order valence-corrected chi connectivity index (χ4v) is 4.74. The molecule has 2 aliphatic rings. The lowest BCUT2D eigenvalue weighted by molar-refractivity contribution is -0.121. The number of nitrogens with zero attached hydrogens (tertiary/aromatic N) is 2. The van der Waals surface area contributed by atoms with Crippen molar-refractivity contribution < 1.29 is 4.79 Å². The Labute approximate surface area is 163 Å². The second kappa shape index (κ2) is 8.71. The fraction of sp³-hybridized carbons (Fsp3) is 0.565. The van der Waals surface area contributed by atoms with E-state index >= 15 is 0 Å². The molecule has 4 nitrogen and oxygen atoms in total. The third kappa shape index (κ3) is 4.09. The minimum atomic E-state index is -0.114. The molecule has 1 N–H and O–H groups in total. The van der Waals surface area contributed by atoms with E-state index in [1.54, 1.807) is 0 Å². The van der Waals surface area contributed by atoms with Gasteiger partial charge in [-0.05, 0) is 37.9 Å². The summed E-state index contributed by atoms with van der Waals surface area (Å²) in [7, 11) is 0. The molecule has 3 rings (SSSR count). The maximum atomic E-state index is 12.8. The number of nitriles is 1. The lowest BCUT2D eigenvalue weighted by Gasteiger charge is -2.39. The Morgan fingerprint density at radius 1 is 1.15 bits per heavy atom. The van der Waals surface area contributed by atoms with Gasteiger partial charge >= 0.3 is 0 Å². The molecule has 1 fully saturated rings. The van der Waals surface area contributed by atoms with Crippen molar-refractivity contribution in [3.63, 3.8) is 0 Å². The van der Waals surface area contributed by atoms with E-state index in [0.29, 0.717) is 6.54 Å². The maximum Gasteiger partial charge on any atom is 0.238 e. The number of hydrogen-bond donors (Lipinski definition) is 1. The van der Waals surface area contributed by atoms with E-state index in [-0.39, 0.29) is 11.3 Å². The lowest BCUT2D eigenvalue weighted by atomic mass is 9.65. The molecule has 144 valence electrons. The first-order valence-electron chi connectivity index (χ1n) is 10.4. The van der Waals surface area contributed by atoms with Gasteiger partial charge in [0.1, 0.15) is 0 Å². The summed E-state index contributed by atoms with van der Waals surface area (Å²) in [5.41, 5.74) is 3.74. The first-order valence-corrected chi connectivity index (χ1v) is 10.4. The van der Waals surface area contributed by atoms with Gasteiger partial charge < -0.3 is 5.32 Å². The van der Waals surface area contributed by atoms with Gasteiger partial charge in [-0.1, -0.05) is 63.8 Å². The van der Waals surface area contributed by atoms with Crippen molar-refractivity contribution in [2.45, 2.75) is 58.8 Å². The molecule has 0 unspecified atom stereocenters. The Kier molecular flexibility index (Phi) is 6.34. The van der Waals surface area contributed by atoms with E-state index < -0.39 is 0 Å². The van der Waals surface area contributed by atoms with Crippen molar-refractivity contribution in [1.29, 1.82) is 5.26 Å². The van der Waals surface area contributed by atoms with Gasteiger partial charge in [0.2, 0.25) is 5.91 Å². The molecule has 0 bridgehead atoms. The lowest BCUT2D eigenvalue weighted by Crippen LogP contribution is -2.39. The minimum Gasteiger partial charge on any atom is -0.324 e. The summed E-state index contributed by atoms with van der Waals surface area (Å²) in [6, 6.07) is 10.8. The summed E-state index contributed by atoms with van der Waals surface area (Å²) >= 11 is 0. The van der Waals surface area contributed by atoms with Gasteiger partial charge in [0.15, 0.2) is 0 Å². The highest BCUT2D eigenvalue weighted by Gasteiger charge is 2.41. The zero-order valence-corrected chi connectivity index (χ0v) is 16.7. The van der Waals surface area contributed by atoms with Crippen LogP contribution in [0.5, 0.6) is 0 Å². The smallest absolute Gasteiger partial charge is 0.238 e. The van der Waals surface area contributed by atoms with Gasteiger partial charge in [-0.25, -0.2) is 0 Å². The van der Waals surface area contributed by atoms with Crippen molar-refractivity contribution in [3.8, 4) is 6.07 Å². The van der Waals surface area contributed by atoms with Crippen LogP contribution in [0.3, 0.4) is 0 Å². The predicted octanol–water partition coefficient (Wildman–Crippen LogP) is 4.28. The van der Waals surface area contributed by atoms with E-state index in [0.717, 1.165) is 62.0 Å². The fourth-order valence-electron chi connectivity index (χ4n) is 4.74. The molecular weight excluding hydrogens is 334 g/mol. The molecule has 27 heavy (non-hydrogen) atoms. The van der Waals surface area contributed by atoms with Crippen LogP contribution < -0.4 is 5.32 Å². The molecule has 0 aromatic heterocycles. The monoisotopic (exact) mass is 365 g/mol. The number of likely N-dealkylation sites (N-methyl/N-ethyl adjacent to an activating group) is 1. The topological polar surface area (TPSA) is 56.1 Å². The molecule has 4 heteroatoms. The van der Waals surface area contributed by atoms with E-state index in [1.165, 1.54) is 18.4 Å². The summed E-state index contributed by atoms with van der Waals surface area (Å²) in [6.45, 7) is 6.17. The number of hydrogen-bond acceptors (Lipinski definition) is 3. The number of nitrogens with one attached hydrogen (secondary N) is 1. The summed E-state index contributed by atoms with van der Waals surface area (Å²) in [5, 5.41) is 13.3. The summed E-state index contributed by atoms with van der Waals surface area (Å²) < 4.78 is 0. The molecule has 1 spiro atoms. The molecule has 2 aliphatic carbocycles. The van der Waals surface area contributed by atoms with Crippen LogP contribution in [0, 0.1) is 16.7 Å². The van der Waals surface area contributed by atoms with Crippen LogP contribution >= 0.6 is 0 Å². The quantitative estimate of drug-likeness (QED) is 0.847. The first-order chi connectivity index (χ1) is 13.1. The van der Waals surface area contributed by atoms with Gasteiger partial charge in [0.05, 0.1) is 23.9 Å². The minimum absolute atomic E-state index is 0.0260. The molecule has 1 amide bonds. The van der Waals surface area contributed by atoms with Gasteiger partial charge in [-0.2, -0.15) is 5.26 Å². The van der Waals surface area contributed by atoms with Crippen molar-refractivity contribution in [2.24, 2.45) is 5.41 Å². The number of carbonyl (C=O) groups excluding carboxylic acids is 1. The molecule has 0 aliphatic heterocycles. The van der Waals surface area contributed by atoms with E-state index in [9.17, 15) is 10.1 Å². The highest BCUT2D eigenvalue weighted by Crippen LogP contribution is 2.49. The largest absolute Gasteiger partial charge is 0.324 e. The number of fused-ring (bicyclic) bond motifs is 1. The third-order valence-corrected chi connectivity index (χ3v) is 6.29. The Bertz CT molecular complexity index is 747. The number of allylic oxidation sites excluding steroid dienone is 1. The number of carbonyl (C=O) groups is 1. The van der Waals surface area contributed by atoms with Crippen molar-refractivity contribution in [1.82, 2.24) is 10.2 Å². The number of amides is 1. The van der Waals surface area contributed by atoms with Crippen LogP contribution in [-0.2, 0) is 11.2 Å². The van der Waals surface area contributed by atoms with E-state index in [2.05, 4.69) is 42.3 Å². The molecule has 1 aromatic rings. The number of rotatable bonds is 5. The van der Waals surface area contributed by atoms with Crippen molar-refractivity contribution in [2.75, 3.05) is 19.6 Å². The average Bonchev–Trinajstić information content (AvgIpc) is 2.92. The Balaban J connectivity index is 2.00. The predicted molar refractivity (Wildman–Crippen MR) is 109 cm³/mol. The van der Waals surface area contributed by atoms with Gasteiger partial charge in [-0.15, -0.1) is 0 Å². The standard InChI is InChI=1S/C23H31N3O/c1-3-26(4-2)17-21(27)25-22-19-12-8-7-11-18(19)15-23(20(22)16-24)13-9-5-6-10-14-23/h7-8,11-12H,3-6,9-10,13-15,17H2,1-2H3,(H,25,27). The van der Waals surface area contributed by atoms with Gasteiger partial charge in [0, 0.05) is 11.0 Å². The Morgan fingerprint density at radius 2 is 1.81 bits per heavy atom.